The molecule has 0 spiro atoms. The van der Waals surface area contributed by atoms with Gasteiger partial charge in [0.1, 0.15) is 5.03 Å². The number of carbonyl (C=O) groups excluding carboxylic acids is 1. The molecule has 0 fully saturated rings. The maximum Gasteiger partial charge on any atom is 0.251 e. The Hall–Kier alpha value is -4.42. The highest BCUT2D eigenvalue weighted by Crippen LogP contribution is 2.30. The lowest BCUT2D eigenvalue weighted by Crippen LogP contribution is -2.24. The second-order valence-corrected chi connectivity index (χ2v) is 9.47. The molecule has 174 valence electrons. The van der Waals surface area contributed by atoms with Crippen LogP contribution in [-0.2, 0) is 6.54 Å². The zero-order valence-corrected chi connectivity index (χ0v) is 20.2. The Morgan fingerprint density at radius 3 is 2.31 bits per heavy atom. The summed E-state index contributed by atoms with van der Waals surface area (Å²) in [7, 11) is 0. The fourth-order valence-corrected chi connectivity index (χ4v) is 5.03. The molecule has 5 nitrogen and oxygen atoms in total. The van der Waals surface area contributed by atoms with Crippen molar-refractivity contribution in [1.82, 2.24) is 19.9 Å². The number of aromatic nitrogens is 3. The molecule has 6 aromatic rings. The number of carbonyl (C=O) groups is 1. The van der Waals surface area contributed by atoms with Crippen LogP contribution in [0, 0.1) is 0 Å². The number of rotatable bonds is 6. The Morgan fingerprint density at radius 2 is 1.50 bits per heavy atom. The van der Waals surface area contributed by atoms with Crippen molar-refractivity contribution in [1.29, 1.82) is 0 Å². The van der Waals surface area contributed by atoms with Crippen LogP contribution in [0.5, 0.6) is 0 Å². The van der Waals surface area contributed by atoms with Crippen molar-refractivity contribution in [2.45, 2.75) is 16.5 Å². The molecule has 4 aromatic carbocycles. The van der Waals surface area contributed by atoms with Crippen LogP contribution in [0.2, 0.25) is 0 Å². The fraction of sp³-hybridized carbons (Fsp3) is 0.0333. The van der Waals surface area contributed by atoms with E-state index in [-0.39, 0.29) is 5.91 Å². The van der Waals surface area contributed by atoms with Crippen molar-refractivity contribution in [3.63, 3.8) is 0 Å². The molecule has 36 heavy (non-hydrogen) atoms. The molecule has 2 aromatic heterocycles. The summed E-state index contributed by atoms with van der Waals surface area (Å²) < 4.78 is 1.84. The number of hydrogen-bond acceptors (Lipinski definition) is 4. The quantitative estimate of drug-likeness (QED) is 0.287. The average Bonchev–Trinajstić information content (AvgIpc) is 3.30. The summed E-state index contributed by atoms with van der Waals surface area (Å²) >= 11 is 1.61. The van der Waals surface area contributed by atoms with Crippen molar-refractivity contribution in [2.24, 2.45) is 0 Å². The number of imidazole rings is 1. The highest BCUT2D eigenvalue weighted by atomic mass is 32.2. The monoisotopic (exact) mass is 486 g/mol. The number of hydrogen-bond donors (Lipinski definition) is 1. The Bertz CT molecular complexity index is 1680. The van der Waals surface area contributed by atoms with Gasteiger partial charge in [0.25, 0.3) is 5.91 Å². The lowest BCUT2D eigenvalue weighted by molar-refractivity contribution is 0.0950. The molecule has 2 heterocycles. The van der Waals surface area contributed by atoms with Crippen LogP contribution in [0.1, 0.15) is 16.1 Å². The smallest absolute Gasteiger partial charge is 0.251 e. The summed E-state index contributed by atoms with van der Waals surface area (Å²) in [4.78, 5) is 18.8. The van der Waals surface area contributed by atoms with Crippen LogP contribution >= 0.6 is 11.8 Å². The summed E-state index contributed by atoms with van der Waals surface area (Å²) in [5, 5.41) is 11.2. The van der Waals surface area contributed by atoms with Gasteiger partial charge >= 0.3 is 0 Å². The molecule has 6 heteroatoms. The van der Waals surface area contributed by atoms with Gasteiger partial charge in [-0.1, -0.05) is 90.6 Å². The molecule has 0 unspecified atom stereocenters. The number of fused-ring (bicyclic) bond motifs is 2. The van der Waals surface area contributed by atoms with Crippen LogP contribution in [0.4, 0.5) is 0 Å². The first-order valence-corrected chi connectivity index (χ1v) is 12.5. The van der Waals surface area contributed by atoms with Gasteiger partial charge in [0.05, 0.1) is 17.9 Å². The molecule has 0 saturated heterocycles. The molecule has 6 rings (SSSR count). The van der Waals surface area contributed by atoms with Crippen LogP contribution in [0.15, 0.2) is 125 Å². The number of amides is 1. The molecule has 0 radical (unpaired) electrons. The highest BCUT2D eigenvalue weighted by molar-refractivity contribution is 7.99. The second kappa shape index (κ2) is 9.68. The molecule has 0 aliphatic heterocycles. The van der Waals surface area contributed by atoms with E-state index < -0.39 is 0 Å². The molecular weight excluding hydrogens is 464 g/mol. The summed E-state index contributed by atoms with van der Waals surface area (Å²) in [6.07, 6.45) is 0. The first kappa shape index (κ1) is 22.1. The van der Waals surface area contributed by atoms with Gasteiger partial charge in [-0.3, -0.25) is 4.79 Å². The van der Waals surface area contributed by atoms with E-state index in [9.17, 15) is 4.79 Å². The van der Waals surface area contributed by atoms with Gasteiger partial charge in [0, 0.05) is 16.0 Å². The maximum atomic E-state index is 12.8. The van der Waals surface area contributed by atoms with E-state index in [1.165, 1.54) is 10.8 Å². The van der Waals surface area contributed by atoms with Crippen molar-refractivity contribution in [3.8, 4) is 11.3 Å². The SMILES string of the molecule is O=C(NCc1c(-c2ccccc2)nc2ccc(Sc3ccc4ccccc4c3)nn12)c1ccccc1. The zero-order chi connectivity index (χ0) is 24.3. The van der Waals surface area contributed by atoms with Gasteiger partial charge in [-0.15, -0.1) is 0 Å². The minimum absolute atomic E-state index is 0.133. The minimum Gasteiger partial charge on any atom is -0.346 e. The van der Waals surface area contributed by atoms with Crippen molar-refractivity contribution in [2.75, 3.05) is 0 Å². The van der Waals surface area contributed by atoms with Gasteiger partial charge < -0.3 is 5.32 Å². The van der Waals surface area contributed by atoms with Crippen LogP contribution in [-0.4, -0.2) is 20.5 Å². The Balaban J connectivity index is 1.36. The third-order valence-electron chi connectivity index (χ3n) is 5.99. The summed E-state index contributed by atoms with van der Waals surface area (Å²) in [5.74, 6) is -0.133. The van der Waals surface area contributed by atoms with Gasteiger partial charge in [-0.2, -0.15) is 5.10 Å². The van der Waals surface area contributed by atoms with Crippen LogP contribution in [0.3, 0.4) is 0 Å². The predicted octanol–water partition coefficient (Wildman–Crippen LogP) is 6.63. The van der Waals surface area contributed by atoms with Gasteiger partial charge in [0.15, 0.2) is 5.65 Å². The molecule has 0 aliphatic rings. The topological polar surface area (TPSA) is 59.3 Å². The number of nitrogens with one attached hydrogen (secondary N) is 1. The molecule has 0 saturated carbocycles. The van der Waals surface area contributed by atoms with Gasteiger partial charge in [0.2, 0.25) is 0 Å². The van der Waals surface area contributed by atoms with Crippen molar-refractivity contribution < 1.29 is 4.79 Å². The lowest BCUT2D eigenvalue weighted by Gasteiger charge is -2.08. The Morgan fingerprint density at radius 1 is 0.778 bits per heavy atom. The van der Waals surface area contributed by atoms with Gasteiger partial charge in [-0.05, 0) is 47.2 Å². The highest BCUT2D eigenvalue weighted by Gasteiger charge is 2.17. The lowest BCUT2D eigenvalue weighted by atomic mass is 10.1. The average molecular weight is 487 g/mol. The summed E-state index contributed by atoms with van der Waals surface area (Å²) in [5.41, 5.74) is 3.98. The third-order valence-corrected chi connectivity index (χ3v) is 6.91. The minimum atomic E-state index is -0.133. The molecule has 1 N–H and O–H groups in total. The maximum absolute atomic E-state index is 12.8. The van der Waals surface area contributed by atoms with Gasteiger partial charge in [-0.25, -0.2) is 9.50 Å². The van der Waals surface area contributed by atoms with E-state index in [0.717, 1.165) is 32.5 Å². The number of benzene rings is 4. The first-order valence-electron chi connectivity index (χ1n) is 11.7. The predicted molar refractivity (Wildman–Crippen MR) is 144 cm³/mol. The number of nitrogens with zero attached hydrogens (tertiary/aromatic N) is 3. The van der Waals surface area contributed by atoms with Crippen LogP contribution in [0.25, 0.3) is 27.7 Å². The molecule has 0 bridgehead atoms. The first-order chi connectivity index (χ1) is 17.7. The van der Waals surface area contributed by atoms with E-state index in [2.05, 4.69) is 35.6 Å². The molecular formula is C30H22N4OS. The molecule has 1 amide bonds. The molecule has 0 atom stereocenters. The normalized spacial score (nSPS) is 11.1. The Labute approximate surface area is 212 Å². The zero-order valence-electron chi connectivity index (χ0n) is 19.3. The second-order valence-electron chi connectivity index (χ2n) is 8.37. The van der Waals surface area contributed by atoms with Crippen molar-refractivity contribution >= 4 is 34.1 Å². The van der Waals surface area contributed by atoms with Crippen LogP contribution < -0.4 is 5.32 Å². The van der Waals surface area contributed by atoms with E-state index in [0.29, 0.717) is 12.1 Å². The van der Waals surface area contributed by atoms with Crippen molar-refractivity contribution in [3.05, 3.63) is 127 Å². The standard InChI is InChI=1S/C30H22N4OS/c35-30(23-12-5-2-6-13-23)31-20-26-29(22-10-3-1-4-11-22)32-27-17-18-28(33-34(26)27)36-25-16-15-21-9-7-8-14-24(21)19-25/h1-19H,20H2,(H,31,35). The summed E-state index contributed by atoms with van der Waals surface area (Å²) in [6.45, 7) is 0.302. The van der Waals surface area contributed by atoms with E-state index >= 15 is 0 Å². The Kier molecular flexibility index (Phi) is 5.93. The van der Waals surface area contributed by atoms with E-state index in [1.54, 1.807) is 23.9 Å². The van der Waals surface area contributed by atoms with E-state index in [1.807, 2.05) is 77.3 Å². The molecule has 0 aliphatic carbocycles. The fourth-order valence-electron chi connectivity index (χ4n) is 4.21. The van der Waals surface area contributed by atoms with E-state index in [4.69, 9.17) is 10.1 Å². The largest absolute Gasteiger partial charge is 0.346 e. The third kappa shape index (κ3) is 4.46. The summed E-state index contributed by atoms with van der Waals surface area (Å²) in [6, 6.07) is 37.9.